The second kappa shape index (κ2) is 8.43. The van der Waals surface area contributed by atoms with Crippen LogP contribution in [-0.4, -0.2) is 70.9 Å². The molecule has 7 heteroatoms. The van der Waals surface area contributed by atoms with Crippen LogP contribution in [0.4, 0.5) is 5.95 Å². The number of rotatable bonds is 4. The highest BCUT2D eigenvalue weighted by atomic mass is 16.2. The van der Waals surface area contributed by atoms with Crippen molar-refractivity contribution in [2.75, 3.05) is 44.2 Å². The highest BCUT2D eigenvalue weighted by Crippen LogP contribution is 2.58. The molecule has 1 aromatic heterocycles. The largest absolute Gasteiger partial charge is 0.342 e. The van der Waals surface area contributed by atoms with Crippen molar-refractivity contribution in [2.45, 2.75) is 39.5 Å². The summed E-state index contributed by atoms with van der Waals surface area (Å²) in [5.74, 6) is 1.07. The van der Waals surface area contributed by atoms with Gasteiger partial charge in [0.05, 0.1) is 5.41 Å². The summed E-state index contributed by atoms with van der Waals surface area (Å²) in [6.07, 6.45) is 7.03. The maximum absolute atomic E-state index is 13.7. The fourth-order valence-electron chi connectivity index (χ4n) is 6.28. The number of benzene rings is 1. The van der Waals surface area contributed by atoms with E-state index in [4.69, 9.17) is 0 Å². The Balaban J connectivity index is 1.39. The van der Waals surface area contributed by atoms with Gasteiger partial charge in [0, 0.05) is 62.6 Å². The fraction of sp³-hybridized carbons (Fsp3) is 0.538. The predicted molar refractivity (Wildman–Crippen MR) is 127 cm³/mol. The van der Waals surface area contributed by atoms with Crippen molar-refractivity contribution in [3.05, 3.63) is 53.9 Å². The van der Waals surface area contributed by atoms with E-state index in [0.29, 0.717) is 25.6 Å². The van der Waals surface area contributed by atoms with E-state index in [-0.39, 0.29) is 17.2 Å². The highest BCUT2D eigenvalue weighted by Gasteiger charge is 2.65. The Morgan fingerprint density at radius 3 is 2.27 bits per heavy atom. The number of anilines is 1. The summed E-state index contributed by atoms with van der Waals surface area (Å²) in [4.78, 5) is 42.0. The topological polar surface area (TPSA) is 69.6 Å². The van der Waals surface area contributed by atoms with Gasteiger partial charge in [0.1, 0.15) is 0 Å². The van der Waals surface area contributed by atoms with Crippen molar-refractivity contribution < 1.29 is 9.59 Å². The van der Waals surface area contributed by atoms with Crippen molar-refractivity contribution >= 4 is 17.8 Å². The van der Waals surface area contributed by atoms with Crippen LogP contribution in [0.5, 0.6) is 0 Å². The lowest BCUT2D eigenvalue weighted by Gasteiger charge is -2.46. The molecule has 174 valence electrons. The number of hydrogen-bond acceptors (Lipinski definition) is 5. The molecule has 33 heavy (non-hydrogen) atoms. The van der Waals surface area contributed by atoms with Crippen LogP contribution < -0.4 is 4.90 Å². The van der Waals surface area contributed by atoms with Gasteiger partial charge in [-0.05, 0) is 56.4 Å². The Morgan fingerprint density at radius 2 is 1.67 bits per heavy atom. The summed E-state index contributed by atoms with van der Waals surface area (Å²) in [7, 11) is 0. The first-order valence-corrected chi connectivity index (χ1v) is 12.2. The third-order valence-corrected chi connectivity index (χ3v) is 8.31. The molecule has 2 aromatic rings. The molecule has 5 rings (SSSR count). The minimum absolute atomic E-state index is 0.0933. The summed E-state index contributed by atoms with van der Waals surface area (Å²) < 4.78 is 0. The monoisotopic (exact) mass is 447 g/mol. The van der Waals surface area contributed by atoms with Crippen LogP contribution in [0, 0.1) is 10.8 Å². The van der Waals surface area contributed by atoms with E-state index in [2.05, 4.69) is 28.7 Å². The Kier molecular flexibility index (Phi) is 5.59. The van der Waals surface area contributed by atoms with Crippen LogP contribution >= 0.6 is 0 Å². The standard InChI is InChI=1S/C26H33N5O2/c1-3-20-6-8-21(9-7-20)22(32)30-15-10-25(11-16-30)18-31(24-27-13-5-14-28-24)19-26(25)12-17-29(4-2)23(26)33/h5-9,13-14H,3-4,10-12,15-19H2,1-2H3/t26-/m1/s1. The third-order valence-electron chi connectivity index (χ3n) is 8.31. The molecule has 0 aliphatic carbocycles. The minimum atomic E-state index is -0.417. The van der Waals surface area contributed by atoms with Crippen molar-refractivity contribution in [3.63, 3.8) is 0 Å². The number of likely N-dealkylation sites (tertiary alicyclic amines) is 2. The summed E-state index contributed by atoms with van der Waals surface area (Å²) >= 11 is 0. The zero-order valence-corrected chi connectivity index (χ0v) is 19.7. The number of hydrogen-bond donors (Lipinski definition) is 0. The molecule has 3 aliphatic rings. The first-order chi connectivity index (χ1) is 16.0. The average molecular weight is 448 g/mol. The normalized spacial score (nSPS) is 24.3. The molecule has 3 aliphatic heterocycles. The molecule has 7 nitrogen and oxygen atoms in total. The molecule has 4 heterocycles. The van der Waals surface area contributed by atoms with E-state index >= 15 is 0 Å². The van der Waals surface area contributed by atoms with Crippen LogP contribution in [0.2, 0.25) is 0 Å². The summed E-state index contributed by atoms with van der Waals surface area (Å²) in [6.45, 7) is 8.53. The molecule has 0 radical (unpaired) electrons. The number of aryl methyl sites for hydroxylation is 1. The Hall–Kier alpha value is -2.96. The third kappa shape index (κ3) is 3.49. The van der Waals surface area contributed by atoms with E-state index in [1.165, 1.54) is 5.56 Å². The fourth-order valence-corrected chi connectivity index (χ4v) is 6.28. The summed E-state index contributed by atoms with van der Waals surface area (Å²) in [5, 5.41) is 0. The van der Waals surface area contributed by atoms with E-state index < -0.39 is 5.41 Å². The summed E-state index contributed by atoms with van der Waals surface area (Å²) in [5.41, 5.74) is 1.41. The van der Waals surface area contributed by atoms with Gasteiger partial charge in [0.25, 0.3) is 5.91 Å². The van der Waals surface area contributed by atoms with Crippen LogP contribution in [0.3, 0.4) is 0 Å². The first kappa shape index (κ1) is 21.9. The van der Waals surface area contributed by atoms with E-state index in [9.17, 15) is 9.59 Å². The lowest BCUT2D eigenvalue weighted by molar-refractivity contribution is -0.141. The van der Waals surface area contributed by atoms with Crippen LogP contribution in [0.25, 0.3) is 0 Å². The van der Waals surface area contributed by atoms with Gasteiger partial charge in [-0.1, -0.05) is 19.1 Å². The lowest BCUT2D eigenvalue weighted by atomic mass is 9.60. The smallest absolute Gasteiger partial charge is 0.253 e. The molecule has 0 N–H and O–H groups in total. The quantitative estimate of drug-likeness (QED) is 0.721. The van der Waals surface area contributed by atoms with Gasteiger partial charge in [-0.3, -0.25) is 9.59 Å². The number of piperidine rings is 1. The molecule has 0 unspecified atom stereocenters. The molecular weight excluding hydrogens is 414 g/mol. The Bertz CT molecular complexity index is 1020. The SMILES string of the molecule is CCc1ccc(C(=O)N2CCC3(CC2)CN(c2ncccn2)C[C@@]32CCN(CC)C2=O)cc1. The number of amides is 2. The van der Waals surface area contributed by atoms with Crippen LogP contribution in [0.1, 0.15) is 49.0 Å². The van der Waals surface area contributed by atoms with Crippen LogP contribution in [-0.2, 0) is 11.2 Å². The molecule has 3 saturated heterocycles. The average Bonchev–Trinajstić information content (AvgIpc) is 3.37. The molecule has 1 atom stereocenters. The van der Waals surface area contributed by atoms with Gasteiger partial charge < -0.3 is 14.7 Å². The second-order valence-electron chi connectivity index (χ2n) is 9.74. The number of carbonyl (C=O) groups is 2. The molecule has 1 aromatic carbocycles. The van der Waals surface area contributed by atoms with Crippen molar-refractivity contribution in [2.24, 2.45) is 10.8 Å². The van der Waals surface area contributed by atoms with Gasteiger partial charge in [-0.2, -0.15) is 0 Å². The van der Waals surface area contributed by atoms with Crippen molar-refractivity contribution in [1.29, 1.82) is 0 Å². The second-order valence-corrected chi connectivity index (χ2v) is 9.74. The molecular formula is C26H33N5O2. The van der Waals surface area contributed by atoms with Gasteiger partial charge in [-0.15, -0.1) is 0 Å². The zero-order valence-electron chi connectivity index (χ0n) is 19.7. The van der Waals surface area contributed by atoms with Gasteiger partial charge in [-0.25, -0.2) is 9.97 Å². The zero-order chi connectivity index (χ0) is 23.1. The molecule has 0 bridgehead atoms. The minimum Gasteiger partial charge on any atom is -0.342 e. The maximum atomic E-state index is 13.7. The van der Waals surface area contributed by atoms with E-state index in [1.54, 1.807) is 12.4 Å². The van der Waals surface area contributed by atoms with Gasteiger partial charge >= 0.3 is 0 Å². The molecule has 2 amide bonds. The number of nitrogens with zero attached hydrogens (tertiary/aromatic N) is 5. The number of fused-ring (bicyclic) bond motifs is 1. The Morgan fingerprint density at radius 1 is 0.970 bits per heavy atom. The van der Waals surface area contributed by atoms with Crippen molar-refractivity contribution in [1.82, 2.24) is 19.8 Å². The first-order valence-electron chi connectivity index (χ1n) is 12.2. The van der Waals surface area contributed by atoms with E-state index in [0.717, 1.165) is 50.9 Å². The highest BCUT2D eigenvalue weighted by molar-refractivity contribution is 5.94. The van der Waals surface area contributed by atoms with Crippen LogP contribution in [0.15, 0.2) is 42.7 Å². The van der Waals surface area contributed by atoms with Gasteiger partial charge in [0.2, 0.25) is 11.9 Å². The summed E-state index contributed by atoms with van der Waals surface area (Å²) in [6, 6.07) is 9.78. The molecule has 0 saturated carbocycles. The van der Waals surface area contributed by atoms with E-state index in [1.807, 2.05) is 40.1 Å². The Labute approximate surface area is 195 Å². The number of aromatic nitrogens is 2. The molecule has 2 spiro atoms. The van der Waals surface area contributed by atoms with Gasteiger partial charge in [0.15, 0.2) is 0 Å². The maximum Gasteiger partial charge on any atom is 0.253 e. The molecule has 3 fully saturated rings. The number of carbonyl (C=O) groups excluding carboxylic acids is 2. The lowest BCUT2D eigenvalue weighted by Crippen LogP contribution is -2.53. The predicted octanol–water partition coefficient (Wildman–Crippen LogP) is 3.02. The van der Waals surface area contributed by atoms with Crippen molar-refractivity contribution in [3.8, 4) is 0 Å².